The normalized spacial score (nSPS) is 13.0. The van der Waals surface area contributed by atoms with Gasteiger partial charge in [-0.1, -0.05) is 6.07 Å². The van der Waals surface area contributed by atoms with Crippen LogP contribution in [0.25, 0.3) is 0 Å². The quantitative estimate of drug-likeness (QED) is 0.627. The Bertz CT molecular complexity index is 829. The van der Waals surface area contributed by atoms with Crippen LogP contribution in [0.5, 0.6) is 5.75 Å². The SMILES string of the molecule is CCN(CC)c1ccc(NC(=O)CN2CC(=O)Oc3cc(C)ccc32)cc1. The van der Waals surface area contributed by atoms with E-state index in [0.29, 0.717) is 5.75 Å². The first-order valence-electron chi connectivity index (χ1n) is 9.21. The Kier molecular flexibility index (Phi) is 5.64. The number of nitrogens with one attached hydrogen (secondary N) is 1. The summed E-state index contributed by atoms with van der Waals surface area (Å²) in [5.41, 5.74) is 3.62. The largest absolute Gasteiger partial charge is 0.423 e. The summed E-state index contributed by atoms with van der Waals surface area (Å²) < 4.78 is 5.28. The van der Waals surface area contributed by atoms with Crippen molar-refractivity contribution in [3.8, 4) is 5.75 Å². The Morgan fingerprint density at radius 2 is 1.85 bits per heavy atom. The highest BCUT2D eigenvalue weighted by atomic mass is 16.5. The Morgan fingerprint density at radius 3 is 2.52 bits per heavy atom. The molecule has 0 saturated carbocycles. The molecule has 0 fully saturated rings. The fraction of sp³-hybridized carbons (Fsp3) is 0.333. The van der Waals surface area contributed by atoms with E-state index in [1.54, 1.807) is 4.90 Å². The fourth-order valence-corrected chi connectivity index (χ4v) is 3.22. The molecule has 2 aromatic rings. The average Bonchev–Trinajstić information content (AvgIpc) is 2.63. The van der Waals surface area contributed by atoms with Gasteiger partial charge in [0.25, 0.3) is 0 Å². The highest BCUT2D eigenvalue weighted by Gasteiger charge is 2.25. The summed E-state index contributed by atoms with van der Waals surface area (Å²) in [4.78, 5) is 28.3. The van der Waals surface area contributed by atoms with Gasteiger partial charge in [0.2, 0.25) is 5.91 Å². The van der Waals surface area contributed by atoms with Crippen LogP contribution in [-0.2, 0) is 9.59 Å². The number of hydrogen-bond acceptors (Lipinski definition) is 5. The van der Waals surface area contributed by atoms with Crippen LogP contribution < -0.4 is 19.9 Å². The summed E-state index contributed by atoms with van der Waals surface area (Å²) in [6.07, 6.45) is 0. The second-order valence-electron chi connectivity index (χ2n) is 6.57. The van der Waals surface area contributed by atoms with Crippen LogP contribution >= 0.6 is 0 Å². The molecule has 0 aromatic heterocycles. The van der Waals surface area contributed by atoms with Crippen LogP contribution in [-0.4, -0.2) is 38.1 Å². The smallest absolute Gasteiger partial charge is 0.331 e. The number of anilines is 3. The van der Waals surface area contributed by atoms with E-state index in [-0.39, 0.29) is 25.0 Å². The second kappa shape index (κ2) is 8.12. The lowest BCUT2D eigenvalue weighted by Gasteiger charge is -2.29. The molecule has 0 unspecified atom stereocenters. The van der Waals surface area contributed by atoms with Gasteiger partial charge in [-0.25, -0.2) is 4.79 Å². The number of aryl methyl sites for hydroxylation is 1. The van der Waals surface area contributed by atoms with E-state index in [1.165, 1.54) is 0 Å². The Hall–Kier alpha value is -3.02. The van der Waals surface area contributed by atoms with Crippen molar-refractivity contribution in [2.45, 2.75) is 20.8 Å². The van der Waals surface area contributed by atoms with Crippen molar-refractivity contribution in [2.75, 3.05) is 41.3 Å². The number of nitrogens with zero attached hydrogens (tertiary/aromatic N) is 2. The molecule has 0 radical (unpaired) electrons. The molecule has 0 spiro atoms. The van der Waals surface area contributed by atoms with Crippen LogP contribution in [0.1, 0.15) is 19.4 Å². The molecule has 2 aromatic carbocycles. The molecule has 1 aliphatic rings. The van der Waals surface area contributed by atoms with Crippen LogP contribution in [0.3, 0.4) is 0 Å². The van der Waals surface area contributed by atoms with Gasteiger partial charge < -0.3 is 19.9 Å². The fourth-order valence-electron chi connectivity index (χ4n) is 3.22. The number of hydrogen-bond donors (Lipinski definition) is 1. The number of rotatable bonds is 6. The molecule has 1 amide bonds. The summed E-state index contributed by atoms with van der Waals surface area (Å²) in [5.74, 6) is -0.0288. The number of fused-ring (bicyclic) bond motifs is 1. The minimum Gasteiger partial charge on any atom is -0.423 e. The third kappa shape index (κ3) is 4.39. The Balaban J connectivity index is 1.67. The van der Waals surface area contributed by atoms with E-state index in [0.717, 1.165) is 35.7 Å². The van der Waals surface area contributed by atoms with Crippen LogP contribution in [0.2, 0.25) is 0 Å². The van der Waals surface area contributed by atoms with Crippen LogP contribution in [0, 0.1) is 6.92 Å². The van der Waals surface area contributed by atoms with Crippen molar-refractivity contribution in [3.63, 3.8) is 0 Å². The Morgan fingerprint density at radius 1 is 1.15 bits per heavy atom. The lowest BCUT2D eigenvalue weighted by atomic mass is 10.1. The molecule has 0 aliphatic carbocycles. The number of amides is 1. The van der Waals surface area contributed by atoms with E-state index in [4.69, 9.17) is 4.74 Å². The van der Waals surface area contributed by atoms with Crippen molar-refractivity contribution < 1.29 is 14.3 Å². The van der Waals surface area contributed by atoms with Gasteiger partial charge in [0, 0.05) is 24.5 Å². The van der Waals surface area contributed by atoms with Gasteiger partial charge in [-0.3, -0.25) is 4.79 Å². The van der Waals surface area contributed by atoms with Gasteiger partial charge in [-0.05, 0) is 62.7 Å². The molecule has 6 nitrogen and oxygen atoms in total. The highest BCUT2D eigenvalue weighted by Crippen LogP contribution is 2.32. The van der Waals surface area contributed by atoms with Gasteiger partial charge in [0.1, 0.15) is 6.54 Å². The van der Waals surface area contributed by atoms with E-state index < -0.39 is 0 Å². The molecule has 27 heavy (non-hydrogen) atoms. The van der Waals surface area contributed by atoms with Crippen molar-refractivity contribution in [1.82, 2.24) is 0 Å². The molecule has 0 saturated heterocycles. The lowest BCUT2D eigenvalue weighted by Crippen LogP contribution is -2.41. The van der Waals surface area contributed by atoms with Crippen LogP contribution in [0.15, 0.2) is 42.5 Å². The average molecular weight is 367 g/mol. The molecular weight excluding hydrogens is 342 g/mol. The standard InChI is InChI=1S/C21H25N3O3/c1-4-23(5-2)17-9-7-16(8-10-17)22-20(25)13-24-14-21(26)27-19-12-15(3)6-11-18(19)24/h6-12H,4-5,13-14H2,1-3H3,(H,22,25). The van der Waals surface area contributed by atoms with Crippen molar-refractivity contribution in [3.05, 3.63) is 48.0 Å². The molecule has 0 bridgehead atoms. The third-order valence-corrected chi connectivity index (χ3v) is 4.61. The maximum Gasteiger partial charge on any atom is 0.331 e. The summed E-state index contributed by atoms with van der Waals surface area (Å²) in [6, 6.07) is 13.4. The van der Waals surface area contributed by atoms with Gasteiger partial charge in [0.15, 0.2) is 5.75 Å². The monoisotopic (exact) mass is 367 g/mol. The number of benzene rings is 2. The summed E-state index contributed by atoms with van der Waals surface area (Å²) in [6.45, 7) is 8.18. The molecule has 1 aliphatic heterocycles. The van der Waals surface area contributed by atoms with E-state index in [9.17, 15) is 9.59 Å². The topological polar surface area (TPSA) is 61.9 Å². The number of carbonyl (C=O) groups excluding carboxylic acids is 2. The van der Waals surface area contributed by atoms with Crippen molar-refractivity contribution in [2.24, 2.45) is 0 Å². The molecule has 142 valence electrons. The van der Waals surface area contributed by atoms with Crippen molar-refractivity contribution in [1.29, 1.82) is 0 Å². The first-order chi connectivity index (χ1) is 13.0. The van der Waals surface area contributed by atoms with Gasteiger partial charge in [0.05, 0.1) is 12.2 Å². The highest BCUT2D eigenvalue weighted by molar-refractivity contribution is 5.96. The summed E-state index contributed by atoms with van der Waals surface area (Å²) in [7, 11) is 0. The predicted octanol–water partition coefficient (Wildman–Crippen LogP) is 3.21. The minimum absolute atomic E-state index is 0.0599. The van der Waals surface area contributed by atoms with Crippen LogP contribution in [0.4, 0.5) is 17.1 Å². The second-order valence-corrected chi connectivity index (χ2v) is 6.57. The molecular formula is C21H25N3O3. The summed E-state index contributed by atoms with van der Waals surface area (Å²) in [5, 5.41) is 2.90. The molecule has 1 heterocycles. The maximum atomic E-state index is 12.5. The first-order valence-corrected chi connectivity index (χ1v) is 9.21. The van der Waals surface area contributed by atoms with E-state index >= 15 is 0 Å². The van der Waals surface area contributed by atoms with Crippen molar-refractivity contribution >= 4 is 28.9 Å². The Labute approximate surface area is 159 Å². The predicted molar refractivity (Wildman–Crippen MR) is 108 cm³/mol. The van der Waals surface area contributed by atoms with Gasteiger partial charge in [-0.2, -0.15) is 0 Å². The number of esters is 1. The molecule has 1 N–H and O–H groups in total. The third-order valence-electron chi connectivity index (χ3n) is 4.61. The molecule has 0 atom stereocenters. The zero-order chi connectivity index (χ0) is 19.4. The first kappa shape index (κ1) is 18.8. The number of carbonyl (C=O) groups is 2. The minimum atomic E-state index is -0.357. The van der Waals surface area contributed by atoms with Gasteiger partial charge in [-0.15, -0.1) is 0 Å². The lowest BCUT2D eigenvalue weighted by molar-refractivity contribution is -0.133. The molecule has 6 heteroatoms. The van der Waals surface area contributed by atoms with Gasteiger partial charge >= 0.3 is 5.97 Å². The maximum absolute atomic E-state index is 12.5. The zero-order valence-corrected chi connectivity index (χ0v) is 16.0. The van der Waals surface area contributed by atoms with E-state index in [1.807, 2.05) is 49.4 Å². The van der Waals surface area contributed by atoms with E-state index in [2.05, 4.69) is 24.1 Å². The zero-order valence-electron chi connectivity index (χ0n) is 16.0. The number of ether oxygens (including phenoxy) is 1. The molecule has 3 rings (SSSR count). The summed E-state index contributed by atoms with van der Waals surface area (Å²) >= 11 is 0.